The van der Waals surface area contributed by atoms with E-state index in [9.17, 15) is 9.90 Å². The average Bonchev–Trinajstić information content (AvgIpc) is 2.69. The van der Waals surface area contributed by atoms with Crippen LogP contribution in [0.15, 0.2) is 24.3 Å². The topological polar surface area (TPSA) is 43.8 Å². The van der Waals surface area contributed by atoms with Crippen molar-refractivity contribution in [3.05, 3.63) is 35.4 Å². The van der Waals surface area contributed by atoms with Crippen molar-refractivity contribution >= 4 is 5.91 Å². The van der Waals surface area contributed by atoms with Gasteiger partial charge in [-0.25, -0.2) is 0 Å². The molecule has 1 amide bonds. The molecule has 1 aliphatic heterocycles. The highest BCUT2D eigenvalue weighted by atomic mass is 16.3. The number of benzene rings is 1. The summed E-state index contributed by atoms with van der Waals surface area (Å²) >= 11 is 0. The molecule has 0 saturated carbocycles. The van der Waals surface area contributed by atoms with Gasteiger partial charge in [0.15, 0.2) is 0 Å². The summed E-state index contributed by atoms with van der Waals surface area (Å²) in [6.45, 7) is 3.17. The number of likely N-dealkylation sites (tertiary alicyclic amines) is 1. The van der Waals surface area contributed by atoms with E-state index < -0.39 is 6.10 Å². The van der Waals surface area contributed by atoms with Crippen LogP contribution in [-0.4, -0.2) is 60.1 Å². The van der Waals surface area contributed by atoms with E-state index >= 15 is 0 Å². The van der Waals surface area contributed by atoms with Gasteiger partial charge in [-0.05, 0) is 39.1 Å². The second-order valence-corrected chi connectivity index (χ2v) is 5.58. The maximum Gasteiger partial charge on any atom is 0.254 e. The van der Waals surface area contributed by atoms with Gasteiger partial charge in [-0.15, -0.1) is 0 Å². The van der Waals surface area contributed by atoms with E-state index in [1.165, 1.54) is 0 Å². The Bertz CT molecular complexity index is 459. The van der Waals surface area contributed by atoms with Gasteiger partial charge in [-0.3, -0.25) is 4.79 Å². The van der Waals surface area contributed by atoms with Crippen LogP contribution in [0.25, 0.3) is 0 Å². The molecule has 104 valence electrons. The molecule has 1 heterocycles. The lowest BCUT2D eigenvalue weighted by atomic mass is 10.1. The first-order chi connectivity index (χ1) is 8.99. The van der Waals surface area contributed by atoms with Crippen molar-refractivity contribution in [2.45, 2.75) is 25.5 Å². The average molecular weight is 262 g/mol. The third-order valence-corrected chi connectivity index (χ3v) is 3.60. The van der Waals surface area contributed by atoms with Crippen LogP contribution in [0.2, 0.25) is 0 Å². The fraction of sp³-hybridized carbons (Fsp3) is 0.533. The molecule has 0 aliphatic carbocycles. The molecule has 2 unspecified atom stereocenters. The third-order valence-electron chi connectivity index (χ3n) is 3.60. The summed E-state index contributed by atoms with van der Waals surface area (Å²) in [7, 11) is 3.97. The number of aliphatic hydroxyl groups is 1. The summed E-state index contributed by atoms with van der Waals surface area (Å²) in [6, 6.07) is 7.71. The lowest BCUT2D eigenvalue weighted by Crippen LogP contribution is -2.41. The molecule has 4 nitrogen and oxygen atoms in total. The normalized spacial score (nSPS) is 23.1. The molecule has 0 spiro atoms. The highest BCUT2D eigenvalue weighted by molar-refractivity contribution is 5.96. The number of hydrogen-bond acceptors (Lipinski definition) is 3. The summed E-state index contributed by atoms with van der Waals surface area (Å²) in [5, 5.41) is 9.84. The van der Waals surface area contributed by atoms with Gasteiger partial charge >= 0.3 is 0 Å². The number of β-amino-alcohol motifs (C(OH)–C–C–N with tert-alkyl or cyclic N) is 1. The largest absolute Gasteiger partial charge is 0.391 e. The van der Waals surface area contributed by atoms with Gasteiger partial charge in [-0.2, -0.15) is 0 Å². The van der Waals surface area contributed by atoms with Gasteiger partial charge < -0.3 is 14.9 Å². The first-order valence-electron chi connectivity index (χ1n) is 6.68. The number of carbonyl (C=O) groups excluding carboxylic acids is 1. The summed E-state index contributed by atoms with van der Waals surface area (Å²) in [6.07, 6.45) is 0.258. The molecule has 2 rings (SSSR count). The molecular weight excluding hydrogens is 240 g/mol. The fourth-order valence-electron chi connectivity index (χ4n) is 2.70. The van der Waals surface area contributed by atoms with Crippen LogP contribution in [0.4, 0.5) is 0 Å². The summed E-state index contributed by atoms with van der Waals surface area (Å²) in [5.74, 6) is 0.0292. The number of rotatable bonds is 3. The molecule has 2 atom stereocenters. The van der Waals surface area contributed by atoms with Gasteiger partial charge in [0.05, 0.1) is 6.10 Å². The van der Waals surface area contributed by atoms with E-state index in [2.05, 4.69) is 4.90 Å². The van der Waals surface area contributed by atoms with E-state index in [1.54, 1.807) is 0 Å². The van der Waals surface area contributed by atoms with Crippen LogP contribution in [0.3, 0.4) is 0 Å². The maximum absolute atomic E-state index is 12.6. The molecule has 19 heavy (non-hydrogen) atoms. The van der Waals surface area contributed by atoms with Crippen LogP contribution in [0.5, 0.6) is 0 Å². The minimum absolute atomic E-state index is 0.0292. The molecule has 1 aromatic rings. The molecule has 0 bridgehead atoms. The summed E-state index contributed by atoms with van der Waals surface area (Å²) < 4.78 is 0. The van der Waals surface area contributed by atoms with E-state index in [0.29, 0.717) is 13.0 Å². The zero-order valence-corrected chi connectivity index (χ0v) is 11.8. The standard InChI is InChI=1S/C15H22N2O2/c1-11-6-4-5-7-14(11)15(19)17-10-13(18)8-12(17)9-16(2)3/h4-7,12-13,18H,8-10H2,1-3H3. The number of amides is 1. The monoisotopic (exact) mass is 262 g/mol. The van der Waals surface area contributed by atoms with E-state index in [1.807, 2.05) is 50.2 Å². The number of carbonyl (C=O) groups is 1. The zero-order chi connectivity index (χ0) is 14.0. The molecule has 1 aromatic carbocycles. The predicted molar refractivity (Wildman–Crippen MR) is 75.2 cm³/mol. The Labute approximate surface area is 114 Å². The quantitative estimate of drug-likeness (QED) is 0.888. The predicted octanol–water partition coefficient (Wildman–Crippen LogP) is 1.13. The number of hydrogen-bond donors (Lipinski definition) is 1. The van der Waals surface area contributed by atoms with Gasteiger partial charge in [0.1, 0.15) is 0 Å². The van der Waals surface area contributed by atoms with Gasteiger partial charge in [0.25, 0.3) is 5.91 Å². The Balaban J connectivity index is 2.19. The van der Waals surface area contributed by atoms with Crippen molar-refractivity contribution in [2.75, 3.05) is 27.2 Å². The Kier molecular flexibility index (Phi) is 4.22. The minimum Gasteiger partial charge on any atom is -0.391 e. The second-order valence-electron chi connectivity index (χ2n) is 5.58. The lowest BCUT2D eigenvalue weighted by molar-refractivity contribution is 0.0698. The molecule has 0 aromatic heterocycles. The summed E-state index contributed by atoms with van der Waals surface area (Å²) in [4.78, 5) is 16.5. The molecule has 1 fully saturated rings. The Morgan fingerprint density at radius 1 is 1.42 bits per heavy atom. The van der Waals surface area contributed by atoms with Crippen LogP contribution < -0.4 is 0 Å². The SMILES string of the molecule is Cc1ccccc1C(=O)N1CC(O)CC1CN(C)C. The zero-order valence-electron chi connectivity index (χ0n) is 11.8. The maximum atomic E-state index is 12.6. The highest BCUT2D eigenvalue weighted by Crippen LogP contribution is 2.22. The van der Waals surface area contributed by atoms with Gasteiger partial charge in [0, 0.05) is 24.7 Å². The number of aliphatic hydroxyl groups excluding tert-OH is 1. The van der Waals surface area contributed by atoms with Crippen LogP contribution >= 0.6 is 0 Å². The molecule has 0 radical (unpaired) electrons. The van der Waals surface area contributed by atoms with Crippen molar-refractivity contribution < 1.29 is 9.90 Å². The van der Waals surface area contributed by atoms with Crippen LogP contribution in [0.1, 0.15) is 22.3 Å². The van der Waals surface area contributed by atoms with Crippen molar-refractivity contribution in [1.29, 1.82) is 0 Å². The number of aryl methyl sites for hydroxylation is 1. The Morgan fingerprint density at radius 3 is 2.74 bits per heavy atom. The molecule has 1 aliphatic rings. The first kappa shape index (κ1) is 14.0. The van der Waals surface area contributed by atoms with Crippen LogP contribution in [-0.2, 0) is 0 Å². The molecule has 1 N–H and O–H groups in total. The lowest BCUT2D eigenvalue weighted by Gasteiger charge is -2.27. The van der Waals surface area contributed by atoms with Crippen molar-refractivity contribution in [1.82, 2.24) is 9.80 Å². The van der Waals surface area contributed by atoms with E-state index in [-0.39, 0.29) is 11.9 Å². The third kappa shape index (κ3) is 3.14. The van der Waals surface area contributed by atoms with Gasteiger partial charge in [-0.1, -0.05) is 18.2 Å². The smallest absolute Gasteiger partial charge is 0.254 e. The van der Waals surface area contributed by atoms with Gasteiger partial charge in [0.2, 0.25) is 0 Å². The number of likely N-dealkylation sites (N-methyl/N-ethyl adjacent to an activating group) is 1. The number of nitrogens with zero attached hydrogens (tertiary/aromatic N) is 2. The van der Waals surface area contributed by atoms with Crippen molar-refractivity contribution in [2.24, 2.45) is 0 Å². The minimum atomic E-state index is -0.405. The summed E-state index contributed by atoms with van der Waals surface area (Å²) in [5.41, 5.74) is 1.72. The molecular formula is C15H22N2O2. The molecule has 1 saturated heterocycles. The first-order valence-corrected chi connectivity index (χ1v) is 6.68. The van der Waals surface area contributed by atoms with Crippen molar-refractivity contribution in [3.63, 3.8) is 0 Å². The molecule has 4 heteroatoms. The van der Waals surface area contributed by atoms with Crippen LogP contribution in [0, 0.1) is 6.92 Å². The van der Waals surface area contributed by atoms with E-state index in [4.69, 9.17) is 0 Å². The highest BCUT2D eigenvalue weighted by Gasteiger charge is 2.35. The Hall–Kier alpha value is -1.39. The second kappa shape index (κ2) is 5.72. The Morgan fingerprint density at radius 2 is 2.11 bits per heavy atom. The van der Waals surface area contributed by atoms with Crippen molar-refractivity contribution in [3.8, 4) is 0 Å². The fourth-order valence-corrected chi connectivity index (χ4v) is 2.70. The van der Waals surface area contributed by atoms with E-state index in [0.717, 1.165) is 17.7 Å².